The first-order chi connectivity index (χ1) is 8.72. The molecule has 102 valence electrons. The van der Waals surface area contributed by atoms with E-state index < -0.39 is 6.10 Å². The highest BCUT2D eigenvalue weighted by atomic mass is 16.5. The number of rotatable bonds is 8. The van der Waals surface area contributed by atoms with Crippen LogP contribution >= 0.6 is 0 Å². The molecule has 0 aliphatic rings. The summed E-state index contributed by atoms with van der Waals surface area (Å²) in [7, 11) is 1.84. The van der Waals surface area contributed by atoms with Gasteiger partial charge < -0.3 is 20.9 Å². The molecule has 0 saturated heterocycles. The molecular formula is C14H24N2O2. The number of nitrogens with two attached hydrogens (primary N) is 1. The minimum absolute atomic E-state index is 0.0163. The monoisotopic (exact) mass is 252 g/mol. The van der Waals surface area contributed by atoms with E-state index in [0.29, 0.717) is 13.2 Å². The predicted molar refractivity (Wildman–Crippen MR) is 73.7 cm³/mol. The van der Waals surface area contributed by atoms with Gasteiger partial charge in [0.2, 0.25) is 0 Å². The molecule has 0 aliphatic heterocycles. The van der Waals surface area contributed by atoms with Gasteiger partial charge in [0.15, 0.2) is 0 Å². The third-order valence-corrected chi connectivity index (χ3v) is 2.92. The summed E-state index contributed by atoms with van der Waals surface area (Å²) in [4.78, 5) is 0. The zero-order valence-corrected chi connectivity index (χ0v) is 11.2. The van der Waals surface area contributed by atoms with E-state index >= 15 is 0 Å². The highest BCUT2D eigenvalue weighted by molar-refractivity contribution is 5.29. The third kappa shape index (κ3) is 4.29. The van der Waals surface area contributed by atoms with Gasteiger partial charge in [-0.15, -0.1) is 0 Å². The third-order valence-electron chi connectivity index (χ3n) is 2.92. The van der Waals surface area contributed by atoms with Crippen LogP contribution < -0.4 is 15.8 Å². The fourth-order valence-electron chi connectivity index (χ4n) is 1.85. The summed E-state index contributed by atoms with van der Waals surface area (Å²) in [5.74, 6) is 0.840. The molecule has 1 aromatic carbocycles. The molecule has 0 bridgehead atoms. The van der Waals surface area contributed by atoms with E-state index in [9.17, 15) is 5.11 Å². The lowest BCUT2D eigenvalue weighted by Gasteiger charge is -2.22. The summed E-state index contributed by atoms with van der Waals surface area (Å²) in [6, 6.07) is 7.57. The molecule has 0 amide bonds. The number of likely N-dealkylation sites (N-methyl/N-ethyl adjacent to an activating group) is 1. The standard InChI is InChI=1S/C14H24N2O2/c1-3-10-18-12-6-4-11(5-7-12)14(17)13(16-2)8-9-15/h4-7,13-14,16-17H,3,8-10,15H2,1-2H3. The normalized spacial score (nSPS) is 14.2. The molecule has 2 atom stereocenters. The molecule has 0 aromatic heterocycles. The zero-order valence-electron chi connectivity index (χ0n) is 11.2. The number of ether oxygens (including phenoxy) is 1. The van der Waals surface area contributed by atoms with Gasteiger partial charge in [-0.25, -0.2) is 0 Å². The highest BCUT2D eigenvalue weighted by Gasteiger charge is 2.18. The molecule has 1 aromatic rings. The number of aliphatic hydroxyl groups is 1. The van der Waals surface area contributed by atoms with Crippen LogP contribution in [0.2, 0.25) is 0 Å². The summed E-state index contributed by atoms with van der Waals surface area (Å²) in [6.07, 6.45) is 1.19. The largest absolute Gasteiger partial charge is 0.494 e. The average molecular weight is 252 g/mol. The average Bonchev–Trinajstić information content (AvgIpc) is 2.42. The van der Waals surface area contributed by atoms with Gasteiger partial charge in [-0.1, -0.05) is 19.1 Å². The van der Waals surface area contributed by atoms with Crippen molar-refractivity contribution in [3.05, 3.63) is 29.8 Å². The van der Waals surface area contributed by atoms with Crippen LogP contribution in [0.1, 0.15) is 31.4 Å². The lowest BCUT2D eigenvalue weighted by molar-refractivity contribution is 0.129. The number of benzene rings is 1. The van der Waals surface area contributed by atoms with Crippen LogP contribution in [0.15, 0.2) is 24.3 Å². The van der Waals surface area contributed by atoms with Crippen molar-refractivity contribution < 1.29 is 9.84 Å². The van der Waals surface area contributed by atoms with Crippen molar-refractivity contribution >= 4 is 0 Å². The molecule has 4 nitrogen and oxygen atoms in total. The second-order valence-corrected chi connectivity index (χ2v) is 4.33. The maximum Gasteiger partial charge on any atom is 0.119 e. The lowest BCUT2D eigenvalue weighted by Crippen LogP contribution is -2.34. The highest BCUT2D eigenvalue weighted by Crippen LogP contribution is 2.21. The van der Waals surface area contributed by atoms with Gasteiger partial charge in [0.1, 0.15) is 5.75 Å². The Morgan fingerprint density at radius 2 is 2.00 bits per heavy atom. The Kier molecular flexibility index (Phi) is 6.72. The number of hydrogen-bond donors (Lipinski definition) is 3. The van der Waals surface area contributed by atoms with Gasteiger partial charge in [-0.2, -0.15) is 0 Å². The fourth-order valence-corrected chi connectivity index (χ4v) is 1.85. The summed E-state index contributed by atoms with van der Waals surface area (Å²) in [5.41, 5.74) is 6.41. The molecule has 18 heavy (non-hydrogen) atoms. The van der Waals surface area contributed by atoms with Gasteiger partial charge in [0.25, 0.3) is 0 Å². The van der Waals surface area contributed by atoms with Crippen LogP contribution in [0.25, 0.3) is 0 Å². The van der Waals surface area contributed by atoms with Crippen LogP contribution in [-0.2, 0) is 0 Å². The van der Waals surface area contributed by atoms with Crippen molar-refractivity contribution in [3.63, 3.8) is 0 Å². The quantitative estimate of drug-likeness (QED) is 0.655. The summed E-state index contributed by atoms with van der Waals surface area (Å²) in [6.45, 7) is 3.34. The molecule has 0 fully saturated rings. The molecule has 0 saturated carbocycles. The number of nitrogens with one attached hydrogen (secondary N) is 1. The molecule has 0 spiro atoms. The van der Waals surface area contributed by atoms with Gasteiger partial charge in [-0.05, 0) is 44.1 Å². The molecule has 0 radical (unpaired) electrons. The van der Waals surface area contributed by atoms with E-state index in [4.69, 9.17) is 10.5 Å². The number of hydrogen-bond acceptors (Lipinski definition) is 4. The second-order valence-electron chi connectivity index (χ2n) is 4.33. The fraction of sp³-hybridized carbons (Fsp3) is 0.571. The molecule has 0 aliphatic carbocycles. The van der Waals surface area contributed by atoms with E-state index in [2.05, 4.69) is 12.2 Å². The Hall–Kier alpha value is -1.10. The van der Waals surface area contributed by atoms with Crippen LogP contribution in [0, 0.1) is 0 Å². The topological polar surface area (TPSA) is 67.5 Å². The SMILES string of the molecule is CCCOc1ccc(C(O)C(CCN)NC)cc1. The molecule has 4 heteroatoms. The van der Waals surface area contributed by atoms with Crippen molar-refractivity contribution in [2.45, 2.75) is 31.9 Å². The number of aliphatic hydroxyl groups excluding tert-OH is 1. The smallest absolute Gasteiger partial charge is 0.119 e. The summed E-state index contributed by atoms with van der Waals surface area (Å²) < 4.78 is 5.51. The van der Waals surface area contributed by atoms with Crippen molar-refractivity contribution in [2.75, 3.05) is 20.2 Å². The molecular weight excluding hydrogens is 228 g/mol. The molecule has 0 heterocycles. The van der Waals surface area contributed by atoms with Crippen LogP contribution in [0.5, 0.6) is 5.75 Å². The Labute approximate surface area is 109 Å². The van der Waals surface area contributed by atoms with Crippen molar-refractivity contribution in [3.8, 4) is 5.75 Å². The van der Waals surface area contributed by atoms with E-state index in [-0.39, 0.29) is 6.04 Å². The van der Waals surface area contributed by atoms with Crippen molar-refractivity contribution in [2.24, 2.45) is 5.73 Å². The van der Waals surface area contributed by atoms with E-state index in [1.54, 1.807) is 0 Å². The maximum atomic E-state index is 10.2. The van der Waals surface area contributed by atoms with Crippen LogP contribution in [0.3, 0.4) is 0 Å². The zero-order chi connectivity index (χ0) is 13.4. The van der Waals surface area contributed by atoms with Gasteiger partial charge in [0.05, 0.1) is 12.7 Å². The van der Waals surface area contributed by atoms with Crippen LogP contribution in [0.4, 0.5) is 0 Å². The Morgan fingerprint density at radius 3 is 2.50 bits per heavy atom. The summed E-state index contributed by atoms with van der Waals surface area (Å²) in [5, 5.41) is 13.3. The van der Waals surface area contributed by atoms with Gasteiger partial charge in [0, 0.05) is 6.04 Å². The maximum absolute atomic E-state index is 10.2. The molecule has 1 rings (SSSR count). The van der Waals surface area contributed by atoms with E-state index in [1.165, 1.54) is 0 Å². The van der Waals surface area contributed by atoms with Gasteiger partial charge in [-0.3, -0.25) is 0 Å². The van der Waals surface area contributed by atoms with Crippen LogP contribution in [-0.4, -0.2) is 31.3 Å². The van der Waals surface area contributed by atoms with Crippen molar-refractivity contribution in [1.82, 2.24) is 5.32 Å². The molecule has 2 unspecified atom stereocenters. The van der Waals surface area contributed by atoms with Crippen molar-refractivity contribution in [1.29, 1.82) is 0 Å². The predicted octanol–water partition coefficient (Wildman–Crippen LogP) is 1.45. The first kappa shape index (κ1) is 15.0. The first-order valence-electron chi connectivity index (χ1n) is 6.51. The molecule has 4 N–H and O–H groups in total. The Balaban J connectivity index is 2.65. The first-order valence-corrected chi connectivity index (χ1v) is 6.51. The minimum atomic E-state index is -0.543. The second kappa shape index (κ2) is 8.08. The van der Waals surface area contributed by atoms with E-state index in [0.717, 1.165) is 24.2 Å². The van der Waals surface area contributed by atoms with E-state index in [1.807, 2.05) is 31.3 Å². The minimum Gasteiger partial charge on any atom is -0.494 e. The lowest BCUT2D eigenvalue weighted by atomic mass is 10.00. The Bertz CT molecular complexity index is 327. The van der Waals surface area contributed by atoms with Gasteiger partial charge >= 0.3 is 0 Å². The summed E-state index contributed by atoms with van der Waals surface area (Å²) >= 11 is 0. The Morgan fingerprint density at radius 1 is 1.33 bits per heavy atom.